The molecule has 2 heterocycles. The molecule has 0 fully saturated rings. The number of halogens is 2. The van der Waals surface area contributed by atoms with Crippen molar-refractivity contribution in [3.05, 3.63) is 24.4 Å². The minimum atomic E-state index is 0. The first-order valence-corrected chi connectivity index (χ1v) is 3.94. The third kappa shape index (κ3) is 3.74. The number of hydrogen-bond acceptors (Lipinski definition) is 5. The monoisotopic (exact) mass is 279 g/mol. The number of carbonyl (C=O) groups excluding carboxylic acids is 1. The van der Waals surface area contributed by atoms with Crippen LogP contribution in [0.1, 0.15) is 10.6 Å². The number of hydrogen-bond donors (Lipinski definition) is 0. The fraction of sp³-hybridized carbons (Fsp3) is 0.125. The van der Waals surface area contributed by atoms with E-state index in [4.69, 9.17) is 0 Å². The largest absolute Gasteiger partial charge is 0.412 e. The summed E-state index contributed by atoms with van der Waals surface area (Å²) in [5.41, 5.74) is 0.552. The third-order valence-corrected chi connectivity index (χ3v) is 1.69. The molecule has 0 aliphatic rings. The van der Waals surface area contributed by atoms with Gasteiger partial charge in [-0.2, -0.15) is 0 Å². The molecule has 0 bridgehead atoms. The van der Waals surface area contributed by atoms with Crippen molar-refractivity contribution < 1.29 is 10.3 Å². The van der Waals surface area contributed by atoms with Gasteiger partial charge in [-0.3, -0.25) is 9.78 Å². The molecule has 0 saturated heterocycles. The Bertz CT molecular complexity index is 462. The minimum Gasteiger partial charge on any atom is -0.412 e. The SMILES string of the molecule is Cl.Cl.Cn1nc(-c2cnccn2)nc1C=O.O. The summed E-state index contributed by atoms with van der Waals surface area (Å²) in [6, 6.07) is 0. The van der Waals surface area contributed by atoms with Crippen LogP contribution in [-0.2, 0) is 7.05 Å². The second-order valence-electron chi connectivity index (χ2n) is 2.63. The number of aldehydes is 1. The summed E-state index contributed by atoms with van der Waals surface area (Å²) in [5, 5.41) is 4.02. The standard InChI is InChI=1S/C8H7N5O.2ClH.H2O/c1-13-7(5-14)11-8(12-13)6-4-9-2-3-10-6;;;/h2-5H,1H3;2*1H;1H2. The molecule has 0 radical (unpaired) electrons. The lowest BCUT2D eigenvalue weighted by molar-refractivity contribution is 0.111. The summed E-state index contributed by atoms with van der Waals surface area (Å²) >= 11 is 0. The van der Waals surface area contributed by atoms with Crippen LogP contribution in [0.2, 0.25) is 0 Å². The van der Waals surface area contributed by atoms with Crippen molar-refractivity contribution in [2.75, 3.05) is 0 Å². The van der Waals surface area contributed by atoms with Gasteiger partial charge in [-0.25, -0.2) is 14.6 Å². The Kier molecular flexibility index (Phi) is 8.03. The van der Waals surface area contributed by atoms with Gasteiger partial charge in [0.25, 0.3) is 0 Å². The van der Waals surface area contributed by atoms with Gasteiger partial charge in [0.05, 0.1) is 6.20 Å². The van der Waals surface area contributed by atoms with Crippen LogP contribution < -0.4 is 0 Å². The van der Waals surface area contributed by atoms with E-state index in [1.807, 2.05) is 0 Å². The fourth-order valence-corrected chi connectivity index (χ4v) is 1.02. The van der Waals surface area contributed by atoms with Crippen LogP contribution in [-0.4, -0.2) is 36.5 Å². The maximum absolute atomic E-state index is 10.5. The summed E-state index contributed by atoms with van der Waals surface area (Å²) in [4.78, 5) is 22.4. The lowest BCUT2D eigenvalue weighted by atomic mass is 10.4. The van der Waals surface area contributed by atoms with Gasteiger partial charge in [0, 0.05) is 19.4 Å². The molecule has 0 saturated carbocycles. The molecule has 0 aliphatic carbocycles. The Hall–Kier alpha value is -1.57. The average molecular weight is 280 g/mol. The summed E-state index contributed by atoms with van der Waals surface area (Å²) in [6.45, 7) is 0. The molecule has 2 rings (SSSR count). The number of aryl methyl sites for hydroxylation is 1. The lowest BCUT2D eigenvalue weighted by Crippen LogP contribution is -1.96. The highest BCUT2D eigenvalue weighted by molar-refractivity contribution is 5.85. The van der Waals surface area contributed by atoms with Crippen LogP contribution in [0.4, 0.5) is 0 Å². The normalized spacial score (nSPS) is 8.29. The van der Waals surface area contributed by atoms with E-state index >= 15 is 0 Å². The maximum atomic E-state index is 10.5. The highest BCUT2D eigenvalue weighted by Crippen LogP contribution is 2.08. The Morgan fingerprint density at radius 3 is 2.47 bits per heavy atom. The quantitative estimate of drug-likeness (QED) is 0.725. The zero-order chi connectivity index (χ0) is 9.97. The molecule has 0 unspecified atom stereocenters. The average Bonchev–Trinajstić information content (AvgIpc) is 2.61. The molecule has 0 spiro atoms. The first kappa shape index (κ1) is 17.8. The van der Waals surface area contributed by atoms with E-state index in [9.17, 15) is 4.79 Å². The molecule has 9 heteroatoms. The van der Waals surface area contributed by atoms with Gasteiger partial charge in [0.1, 0.15) is 5.69 Å². The van der Waals surface area contributed by atoms with Gasteiger partial charge in [-0.15, -0.1) is 29.9 Å². The van der Waals surface area contributed by atoms with Gasteiger partial charge in [-0.1, -0.05) is 0 Å². The first-order valence-electron chi connectivity index (χ1n) is 3.94. The number of rotatable bonds is 2. The van der Waals surface area contributed by atoms with Crippen LogP contribution in [0, 0.1) is 0 Å². The molecule has 0 aliphatic heterocycles. The third-order valence-electron chi connectivity index (χ3n) is 1.69. The molecule has 0 amide bonds. The zero-order valence-corrected chi connectivity index (χ0v) is 10.4. The van der Waals surface area contributed by atoms with E-state index in [0.29, 0.717) is 17.8 Å². The van der Waals surface area contributed by atoms with Crippen molar-refractivity contribution in [1.29, 1.82) is 0 Å². The van der Waals surface area contributed by atoms with E-state index in [1.54, 1.807) is 25.6 Å². The van der Waals surface area contributed by atoms with Gasteiger partial charge in [0.15, 0.2) is 12.1 Å². The van der Waals surface area contributed by atoms with Crippen molar-refractivity contribution in [3.63, 3.8) is 0 Å². The fourth-order valence-electron chi connectivity index (χ4n) is 1.02. The van der Waals surface area contributed by atoms with Crippen molar-refractivity contribution in [2.45, 2.75) is 0 Å². The topological polar surface area (TPSA) is 105 Å². The van der Waals surface area contributed by atoms with E-state index in [0.717, 1.165) is 0 Å². The zero-order valence-electron chi connectivity index (χ0n) is 8.77. The van der Waals surface area contributed by atoms with Gasteiger partial charge in [-0.05, 0) is 0 Å². The highest BCUT2D eigenvalue weighted by atomic mass is 35.5. The summed E-state index contributed by atoms with van der Waals surface area (Å²) in [7, 11) is 1.65. The predicted octanol–water partition coefficient (Wildman–Crippen LogP) is 0.103. The molecule has 2 aromatic heterocycles. The molecule has 0 aromatic carbocycles. The van der Waals surface area contributed by atoms with Crippen molar-refractivity contribution in [1.82, 2.24) is 24.7 Å². The number of carbonyl (C=O) groups is 1. The molecule has 7 nitrogen and oxygen atoms in total. The highest BCUT2D eigenvalue weighted by Gasteiger charge is 2.08. The summed E-state index contributed by atoms with van der Waals surface area (Å²) < 4.78 is 1.40. The van der Waals surface area contributed by atoms with Gasteiger partial charge < -0.3 is 5.48 Å². The molecular formula is C8H11Cl2N5O2. The second kappa shape index (κ2) is 7.66. The molecule has 94 valence electrons. The number of aromatic nitrogens is 5. The van der Waals surface area contributed by atoms with E-state index in [1.165, 1.54) is 4.68 Å². The van der Waals surface area contributed by atoms with E-state index < -0.39 is 0 Å². The summed E-state index contributed by atoms with van der Waals surface area (Å²) in [6.07, 6.45) is 5.30. The van der Waals surface area contributed by atoms with Gasteiger partial charge in [0.2, 0.25) is 5.82 Å². The smallest absolute Gasteiger partial charge is 0.202 e. The van der Waals surface area contributed by atoms with Gasteiger partial charge >= 0.3 is 0 Å². The lowest BCUT2D eigenvalue weighted by Gasteiger charge is -1.89. The molecule has 2 aromatic rings. The molecule has 2 N–H and O–H groups in total. The predicted molar refractivity (Wildman–Crippen MR) is 65.5 cm³/mol. The second-order valence-corrected chi connectivity index (χ2v) is 2.63. The Morgan fingerprint density at radius 2 is 2.00 bits per heavy atom. The Morgan fingerprint density at radius 1 is 1.29 bits per heavy atom. The van der Waals surface area contributed by atoms with E-state index in [2.05, 4.69) is 20.1 Å². The van der Waals surface area contributed by atoms with Crippen LogP contribution in [0.25, 0.3) is 11.5 Å². The Balaban J connectivity index is 0. The van der Waals surface area contributed by atoms with Crippen molar-refractivity contribution in [2.24, 2.45) is 7.05 Å². The van der Waals surface area contributed by atoms with E-state index in [-0.39, 0.29) is 36.1 Å². The Labute approximate surface area is 109 Å². The van der Waals surface area contributed by atoms with Crippen LogP contribution in [0.15, 0.2) is 18.6 Å². The van der Waals surface area contributed by atoms with Crippen LogP contribution >= 0.6 is 24.8 Å². The van der Waals surface area contributed by atoms with Crippen molar-refractivity contribution >= 4 is 31.1 Å². The minimum absolute atomic E-state index is 0. The molecular weight excluding hydrogens is 269 g/mol. The maximum Gasteiger partial charge on any atom is 0.202 e. The summed E-state index contributed by atoms with van der Waals surface area (Å²) in [5.74, 6) is 0.674. The van der Waals surface area contributed by atoms with Crippen molar-refractivity contribution in [3.8, 4) is 11.5 Å². The molecule has 0 atom stereocenters. The first-order chi connectivity index (χ1) is 6.81. The molecule has 17 heavy (non-hydrogen) atoms. The van der Waals surface area contributed by atoms with Crippen LogP contribution in [0.3, 0.4) is 0 Å². The van der Waals surface area contributed by atoms with Crippen LogP contribution in [0.5, 0.6) is 0 Å². The number of nitrogens with zero attached hydrogens (tertiary/aromatic N) is 5.